The fourth-order valence-electron chi connectivity index (χ4n) is 1.00. The number of hydrogen-bond acceptors (Lipinski definition) is 3. The maximum Gasteiger partial charge on any atom is 0.235 e. The van der Waals surface area contributed by atoms with Crippen LogP contribution in [0.2, 0.25) is 0 Å². The molecule has 0 fully saturated rings. The zero-order valence-corrected chi connectivity index (χ0v) is 11.1. The SMILES string of the molecule is CCCNC(CSC(C)C(C)C)C(N)=O. The summed E-state index contributed by atoms with van der Waals surface area (Å²) in [5.74, 6) is 1.16. The van der Waals surface area contributed by atoms with Gasteiger partial charge in [-0.3, -0.25) is 4.79 Å². The molecular weight excluding hydrogens is 208 g/mol. The summed E-state index contributed by atoms with van der Waals surface area (Å²) in [6.07, 6.45) is 1.02. The normalized spacial score (nSPS) is 15.3. The molecule has 4 heteroatoms. The lowest BCUT2D eigenvalue weighted by atomic mass is 10.2. The molecule has 2 unspecified atom stereocenters. The molecular formula is C11H24N2OS. The molecule has 0 aromatic rings. The van der Waals surface area contributed by atoms with E-state index >= 15 is 0 Å². The van der Waals surface area contributed by atoms with Gasteiger partial charge in [0.15, 0.2) is 0 Å². The van der Waals surface area contributed by atoms with Gasteiger partial charge in [0.25, 0.3) is 0 Å². The summed E-state index contributed by atoms with van der Waals surface area (Å²) in [5, 5.41) is 3.73. The Balaban J connectivity index is 3.90. The molecule has 0 aromatic carbocycles. The first-order valence-electron chi connectivity index (χ1n) is 5.63. The highest BCUT2D eigenvalue weighted by Crippen LogP contribution is 2.19. The van der Waals surface area contributed by atoms with Gasteiger partial charge in [-0.15, -0.1) is 0 Å². The Bertz CT molecular complexity index is 185. The van der Waals surface area contributed by atoms with Crippen LogP contribution in [0.5, 0.6) is 0 Å². The van der Waals surface area contributed by atoms with Crippen LogP contribution in [-0.2, 0) is 4.79 Å². The third-order valence-corrected chi connectivity index (χ3v) is 4.04. The minimum Gasteiger partial charge on any atom is -0.368 e. The number of carbonyl (C=O) groups excluding carboxylic acids is 1. The predicted octanol–water partition coefficient (Wildman–Crippen LogP) is 1.62. The van der Waals surface area contributed by atoms with Crippen molar-refractivity contribution in [1.82, 2.24) is 5.32 Å². The highest BCUT2D eigenvalue weighted by atomic mass is 32.2. The van der Waals surface area contributed by atoms with Crippen molar-refractivity contribution in [2.75, 3.05) is 12.3 Å². The summed E-state index contributed by atoms with van der Waals surface area (Å²) in [6.45, 7) is 9.50. The first-order chi connectivity index (χ1) is 6.99. The number of rotatable bonds is 8. The second kappa shape index (κ2) is 7.99. The summed E-state index contributed by atoms with van der Waals surface area (Å²) in [4.78, 5) is 11.1. The average molecular weight is 232 g/mol. The average Bonchev–Trinajstić information content (AvgIpc) is 2.16. The van der Waals surface area contributed by atoms with Gasteiger partial charge >= 0.3 is 0 Å². The number of primary amides is 1. The number of carbonyl (C=O) groups is 1. The van der Waals surface area contributed by atoms with Crippen LogP contribution in [0.15, 0.2) is 0 Å². The molecule has 0 saturated carbocycles. The molecule has 3 nitrogen and oxygen atoms in total. The number of hydrogen-bond donors (Lipinski definition) is 2. The molecule has 0 radical (unpaired) electrons. The Morgan fingerprint density at radius 2 is 2.00 bits per heavy atom. The summed E-state index contributed by atoms with van der Waals surface area (Å²) in [6, 6.07) is -0.184. The topological polar surface area (TPSA) is 55.1 Å². The highest BCUT2D eigenvalue weighted by Gasteiger charge is 2.16. The van der Waals surface area contributed by atoms with Crippen molar-refractivity contribution in [3.05, 3.63) is 0 Å². The lowest BCUT2D eigenvalue weighted by Gasteiger charge is -2.19. The molecule has 0 spiro atoms. The predicted molar refractivity (Wildman–Crippen MR) is 68.0 cm³/mol. The van der Waals surface area contributed by atoms with E-state index in [1.54, 1.807) is 0 Å². The van der Waals surface area contributed by atoms with Gasteiger partial charge in [0, 0.05) is 11.0 Å². The van der Waals surface area contributed by atoms with Gasteiger partial charge in [0.2, 0.25) is 5.91 Å². The van der Waals surface area contributed by atoms with Crippen LogP contribution < -0.4 is 11.1 Å². The zero-order valence-electron chi connectivity index (χ0n) is 10.2. The van der Waals surface area contributed by atoms with E-state index in [-0.39, 0.29) is 11.9 Å². The quantitative estimate of drug-likeness (QED) is 0.668. The first-order valence-corrected chi connectivity index (χ1v) is 6.68. The molecule has 0 rings (SSSR count). The van der Waals surface area contributed by atoms with Crippen LogP contribution in [0.3, 0.4) is 0 Å². The molecule has 3 N–H and O–H groups in total. The fourth-order valence-corrected chi connectivity index (χ4v) is 2.16. The number of nitrogens with two attached hydrogens (primary N) is 1. The lowest BCUT2D eigenvalue weighted by molar-refractivity contribution is -0.119. The first kappa shape index (κ1) is 14.8. The molecule has 0 saturated heterocycles. The van der Waals surface area contributed by atoms with E-state index in [2.05, 4.69) is 33.0 Å². The lowest BCUT2D eigenvalue weighted by Crippen LogP contribution is -2.43. The van der Waals surface area contributed by atoms with Gasteiger partial charge in [-0.2, -0.15) is 11.8 Å². The van der Waals surface area contributed by atoms with Crippen molar-refractivity contribution < 1.29 is 4.79 Å². The van der Waals surface area contributed by atoms with Gasteiger partial charge < -0.3 is 11.1 Å². The van der Waals surface area contributed by atoms with Crippen LogP contribution >= 0.6 is 11.8 Å². The summed E-state index contributed by atoms with van der Waals surface area (Å²) in [5.41, 5.74) is 5.33. The molecule has 15 heavy (non-hydrogen) atoms. The van der Waals surface area contributed by atoms with Crippen LogP contribution in [0, 0.1) is 5.92 Å². The Kier molecular flexibility index (Phi) is 7.88. The van der Waals surface area contributed by atoms with Crippen LogP contribution in [0.4, 0.5) is 0 Å². The number of thioether (sulfide) groups is 1. The Hall–Kier alpha value is -0.220. The molecule has 0 aromatic heterocycles. The third-order valence-electron chi connectivity index (χ3n) is 2.45. The van der Waals surface area contributed by atoms with Crippen LogP contribution in [-0.4, -0.2) is 29.5 Å². The zero-order chi connectivity index (χ0) is 11.8. The summed E-state index contributed by atoms with van der Waals surface area (Å²) in [7, 11) is 0. The molecule has 1 amide bonds. The van der Waals surface area contributed by atoms with Crippen molar-refractivity contribution >= 4 is 17.7 Å². The van der Waals surface area contributed by atoms with Gasteiger partial charge in [0.1, 0.15) is 0 Å². The summed E-state index contributed by atoms with van der Waals surface area (Å²) >= 11 is 1.81. The standard InChI is InChI=1S/C11H24N2OS/c1-5-6-13-10(11(12)14)7-15-9(4)8(2)3/h8-10,13H,5-7H2,1-4H3,(H2,12,14). The molecule has 0 aliphatic heterocycles. The maximum atomic E-state index is 11.1. The molecule has 0 heterocycles. The summed E-state index contributed by atoms with van der Waals surface area (Å²) < 4.78 is 0. The van der Waals surface area contributed by atoms with Crippen molar-refractivity contribution in [2.45, 2.75) is 45.4 Å². The maximum absolute atomic E-state index is 11.1. The largest absolute Gasteiger partial charge is 0.368 e. The third kappa shape index (κ3) is 6.79. The van der Waals surface area contributed by atoms with Crippen molar-refractivity contribution in [3.63, 3.8) is 0 Å². The Labute approximate surface area is 97.6 Å². The monoisotopic (exact) mass is 232 g/mol. The smallest absolute Gasteiger partial charge is 0.235 e. The number of nitrogens with one attached hydrogen (secondary N) is 1. The second-order valence-electron chi connectivity index (χ2n) is 4.19. The van der Waals surface area contributed by atoms with Crippen LogP contribution in [0.25, 0.3) is 0 Å². The van der Waals surface area contributed by atoms with E-state index in [0.717, 1.165) is 18.7 Å². The van der Waals surface area contributed by atoms with Crippen molar-refractivity contribution in [3.8, 4) is 0 Å². The van der Waals surface area contributed by atoms with Gasteiger partial charge in [-0.1, -0.05) is 27.7 Å². The fraction of sp³-hybridized carbons (Fsp3) is 0.909. The van der Waals surface area contributed by atoms with Gasteiger partial charge in [0.05, 0.1) is 6.04 Å². The van der Waals surface area contributed by atoms with E-state index in [4.69, 9.17) is 5.73 Å². The Morgan fingerprint density at radius 1 is 1.40 bits per heavy atom. The minimum absolute atomic E-state index is 0.184. The van der Waals surface area contributed by atoms with E-state index in [1.807, 2.05) is 11.8 Å². The molecule has 2 atom stereocenters. The van der Waals surface area contributed by atoms with E-state index in [0.29, 0.717) is 11.2 Å². The van der Waals surface area contributed by atoms with E-state index < -0.39 is 0 Å². The van der Waals surface area contributed by atoms with Crippen molar-refractivity contribution in [1.29, 1.82) is 0 Å². The van der Waals surface area contributed by atoms with Gasteiger partial charge in [-0.05, 0) is 18.9 Å². The Morgan fingerprint density at radius 3 is 2.40 bits per heavy atom. The van der Waals surface area contributed by atoms with Crippen molar-refractivity contribution in [2.24, 2.45) is 11.7 Å². The van der Waals surface area contributed by atoms with Crippen LogP contribution in [0.1, 0.15) is 34.1 Å². The molecule has 0 bridgehead atoms. The minimum atomic E-state index is -0.244. The van der Waals surface area contributed by atoms with E-state index in [9.17, 15) is 4.79 Å². The van der Waals surface area contributed by atoms with Gasteiger partial charge in [-0.25, -0.2) is 0 Å². The number of amides is 1. The highest BCUT2D eigenvalue weighted by molar-refractivity contribution is 7.99. The molecule has 90 valence electrons. The second-order valence-corrected chi connectivity index (χ2v) is 5.60. The molecule has 0 aliphatic rings. The van der Waals surface area contributed by atoms with E-state index in [1.165, 1.54) is 0 Å². The molecule has 0 aliphatic carbocycles.